The van der Waals surface area contributed by atoms with Crippen molar-refractivity contribution in [2.24, 2.45) is 5.73 Å². The summed E-state index contributed by atoms with van der Waals surface area (Å²) < 4.78 is 0. The highest BCUT2D eigenvalue weighted by Gasteiger charge is 2.24. The number of amides is 2. The highest BCUT2D eigenvalue weighted by atomic mass is 35.5. The molecule has 25 heavy (non-hydrogen) atoms. The van der Waals surface area contributed by atoms with Crippen molar-refractivity contribution in [1.82, 2.24) is 0 Å². The summed E-state index contributed by atoms with van der Waals surface area (Å²) in [6, 6.07) is 4.68. The van der Waals surface area contributed by atoms with Crippen LogP contribution in [0.3, 0.4) is 0 Å². The van der Waals surface area contributed by atoms with Crippen LogP contribution < -0.4 is 11.1 Å². The largest absolute Gasteiger partial charge is 0.365 e. The Labute approximate surface area is 160 Å². The van der Waals surface area contributed by atoms with E-state index in [9.17, 15) is 9.59 Å². The number of hydrogen-bond donors (Lipinski definition) is 2. The molecule has 0 radical (unpaired) electrons. The molecule has 0 fully saturated rings. The molecule has 2 aromatic rings. The second kappa shape index (κ2) is 7.77. The van der Waals surface area contributed by atoms with E-state index in [-0.39, 0.29) is 10.9 Å². The van der Waals surface area contributed by atoms with Gasteiger partial charge in [0, 0.05) is 9.90 Å². The van der Waals surface area contributed by atoms with Crippen molar-refractivity contribution in [3.63, 3.8) is 0 Å². The predicted molar refractivity (Wildman–Crippen MR) is 103 cm³/mol. The molecule has 4 nitrogen and oxygen atoms in total. The fourth-order valence-electron chi connectivity index (χ4n) is 3.11. The quantitative estimate of drug-likeness (QED) is 0.760. The Balaban J connectivity index is 1.95. The van der Waals surface area contributed by atoms with E-state index in [1.165, 1.54) is 23.8 Å². The predicted octanol–water partition coefficient (Wildman–Crippen LogP) is 5.07. The van der Waals surface area contributed by atoms with E-state index >= 15 is 0 Å². The van der Waals surface area contributed by atoms with E-state index in [1.807, 2.05) is 0 Å². The molecule has 0 spiro atoms. The lowest BCUT2D eigenvalue weighted by Crippen LogP contribution is -2.18. The van der Waals surface area contributed by atoms with Gasteiger partial charge in [-0.3, -0.25) is 9.59 Å². The molecule has 0 bridgehead atoms. The van der Waals surface area contributed by atoms with Crippen molar-refractivity contribution in [2.45, 2.75) is 38.5 Å². The van der Waals surface area contributed by atoms with Crippen molar-refractivity contribution in [3.8, 4) is 0 Å². The van der Waals surface area contributed by atoms with Gasteiger partial charge in [0.1, 0.15) is 5.00 Å². The Morgan fingerprint density at radius 3 is 2.48 bits per heavy atom. The average Bonchev–Trinajstić information content (AvgIpc) is 2.83. The van der Waals surface area contributed by atoms with Crippen LogP contribution in [0.15, 0.2) is 18.2 Å². The van der Waals surface area contributed by atoms with Crippen molar-refractivity contribution in [1.29, 1.82) is 0 Å². The molecule has 1 aliphatic carbocycles. The Bertz CT molecular complexity index is 833. The summed E-state index contributed by atoms with van der Waals surface area (Å²) >= 11 is 13.4. The maximum atomic E-state index is 12.6. The van der Waals surface area contributed by atoms with Gasteiger partial charge in [0.05, 0.1) is 16.1 Å². The lowest BCUT2D eigenvalue weighted by Gasteiger charge is -2.10. The molecule has 2 amide bonds. The first-order chi connectivity index (χ1) is 12.0. The molecule has 1 aromatic carbocycles. The zero-order chi connectivity index (χ0) is 18.0. The Morgan fingerprint density at radius 2 is 1.80 bits per heavy atom. The number of nitrogens with one attached hydrogen (secondary N) is 1. The fraction of sp³-hybridized carbons (Fsp3) is 0.333. The Morgan fingerprint density at radius 1 is 1.08 bits per heavy atom. The van der Waals surface area contributed by atoms with Gasteiger partial charge in [-0.15, -0.1) is 11.3 Å². The number of rotatable bonds is 3. The van der Waals surface area contributed by atoms with Crippen molar-refractivity contribution >= 4 is 51.4 Å². The molecule has 3 N–H and O–H groups in total. The van der Waals surface area contributed by atoms with Crippen LogP contribution in [0.25, 0.3) is 0 Å². The number of fused-ring (bicyclic) bond motifs is 1. The van der Waals surface area contributed by atoms with Crippen molar-refractivity contribution < 1.29 is 9.59 Å². The molecule has 1 aliphatic rings. The van der Waals surface area contributed by atoms with Gasteiger partial charge in [0.15, 0.2) is 0 Å². The number of aryl methyl sites for hydroxylation is 1. The average molecular weight is 397 g/mol. The third-order valence-corrected chi connectivity index (χ3v) is 6.08. The molecule has 1 aromatic heterocycles. The summed E-state index contributed by atoms with van der Waals surface area (Å²) in [6.45, 7) is 0. The van der Waals surface area contributed by atoms with Gasteiger partial charge in [0.25, 0.3) is 11.8 Å². The molecule has 0 atom stereocenters. The zero-order valence-electron chi connectivity index (χ0n) is 13.5. The van der Waals surface area contributed by atoms with Gasteiger partial charge in [-0.1, -0.05) is 36.0 Å². The summed E-state index contributed by atoms with van der Waals surface area (Å²) in [5.74, 6) is -0.881. The van der Waals surface area contributed by atoms with Gasteiger partial charge in [0.2, 0.25) is 0 Å². The highest BCUT2D eigenvalue weighted by molar-refractivity contribution is 7.17. The summed E-state index contributed by atoms with van der Waals surface area (Å²) in [5.41, 5.74) is 7.36. The maximum absolute atomic E-state index is 12.6. The van der Waals surface area contributed by atoms with Crippen LogP contribution in [-0.2, 0) is 12.8 Å². The zero-order valence-corrected chi connectivity index (χ0v) is 15.9. The van der Waals surface area contributed by atoms with E-state index in [0.29, 0.717) is 21.2 Å². The molecule has 0 aliphatic heterocycles. The summed E-state index contributed by atoms with van der Waals surface area (Å²) in [7, 11) is 0. The van der Waals surface area contributed by atoms with Crippen LogP contribution in [0.2, 0.25) is 10.0 Å². The second-order valence-electron chi connectivity index (χ2n) is 6.06. The van der Waals surface area contributed by atoms with Gasteiger partial charge >= 0.3 is 0 Å². The standard InChI is InChI=1S/C18H18Cl2N2O2S/c19-10-7-8-11(13(20)9-10)17(24)22-18-15(16(21)23)12-5-3-1-2-4-6-14(12)25-18/h7-9H,1-6H2,(H2,21,23)(H,22,24). The topological polar surface area (TPSA) is 72.2 Å². The van der Waals surface area contributed by atoms with Crippen molar-refractivity contribution in [3.05, 3.63) is 49.8 Å². The number of nitrogens with two attached hydrogens (primary N) is 1. The SMILES string of the molecule is NC(=O)c1c(NC(=O)c2ccc(Cl)cc2Cl)sc2c1CCCCCC2. The van der Waals surface area contributed by atoms with E-state index in [2.05, 4.69) is 5.32 Å². The second-order valence-corrected chi connectivity index (χ2v) is 8.01. The molecule has 132 valence electrons. The lowest BCUT2D eigenvalue weighted by molar-refractivity contribution is 0.100. The lowest BCUT2D eigenvalue weighted by atomic mass is 9.96. The Hall–Kier alpha value is -1.56. The smallest absolute Gasteiger partial charge is 0.257 e. The van der Waals surface area contributed by atoms with Gasteiger partial charge in [-0.2, -0.15) is 0 Å². The van der Waals surface area contributed by atoms with E-state index < -0.39 is 5.91 Å². The van der Waals surface area contributed by atoms with E-state index in [4.69, 9.17) is 28.9 Å². The third-order valence-electron chi connectivity index (χ3n) is 4.32. The number of carbonyl (C=O) groups is 2. The van der Waals surface area contributed by atoms with E-state index in [1.54, 1.807) is 12.1 Å². The number of benzene rings is 1. The molecule has 3 rings (SSSR count). The van der Waals surface area contributed by atoms with Crippen LogP contribution in [0, 0.1) is 0 Å². The van der Waals surface area contributed by atoms with E-state index in [0.717, 1.165) is 42.5 Å². The number of anilines is 1. The number of hydrogen-bond acceptors (Lipinski definition) is 3. The normalized spacial score (nSPS) is 14.3. The molecule has 7 heteroatoms. The number of thiophene rings is 1. The molecule has 0 saturated heterocycles. The van der Waals surface area contributed by atoms with Gasteiger partial charge < -0.3 is 11.1 Å². The van der Waals surface area contributed by atoms with Gasteiger partial charge in [-0.05, 0) is 49.4 Å². The summed E-state index contributed by atoms with van der Waals surface area (Å²) in [6.07, 6.45) is 6.18. The van der Waals surface area contributed by atoms with Crippen LogP contribution in [-0.4, -0.2) is 11.8 Å². The van der Waals surface area contributed by atoms with Crippen molar-refractivity contribution in [2.75, 3.05) is 5.32 Å². The van der Waals surface area contributed by atoms with Crippen LogP contribution in [0.4, 0.5) is 5.00 Å². The van der Waals surface area contributed by atoms with Gasteiger partial charge in [-0.25, -0.2) is 0 Å². The van der Waals surface area contributed by atoms with Crippen LogP contribution in [0.5, 0.6) is 0 Å². The minimum absolute atomic E-state index is 0.264. The monoisotopic (exact) mass is 396 g/mol. The first-order valence-electron chi connectivity index (χ1n) is 8.18. The summed E-state index contributed by atoms with van der Waals surface area (Å²) in [5, 5.41) is 4.05. The van der Waals surface area contributed by atoms with Crippen LogP contribution >= 0.6 is 34.5 Å². The first-order valence-corrected chi connectivity index (χ1v) is 9.75. The third kappa shape index (κ3) is 4.00. The minimum Gasteiger partial charge on any atom is -0.365 e. The number of carbonyl (C=O) groups excluding carboxylic acids is 2. The Kier molecular flexibility index (Phi) is 5.67. The molecule has 0 unspecified atom stereocenters. The number of halogens is 2. The molecule has 0 saturated carbocycles. The first kappa shape index (κ1) is 18.2. The maximum Gasteiger partial charge on any atom is 0.257 e. The highest BCUT2D eigenvalue weighted by Crippen LogP contribution is 2.37. The molecular formula is C18H18Cl2N2O2S. The fourth-order valence-corrected chi connectivity index (χ4v) is 4.90. The number of primary amides is 1. The minimum atomic E-state index is -0.504. The molecule has 1 heterocycles. The van der Waals surface area contributed by atoms with Crippen LogP contribution in [0.1, 0.15) is 56.8 Å². The molecular weight excluding hydrogens is 379 g/mol. The summed E-state index contributed by atoms with van der Waals surface area (Å²) in [4.78, 5) is 25.7.